The Morgan fingerprint density at radius 3 is 2.39 bits per heavy atom. The van der Waals surface area contributed by atoms with Gasteiger partial charge in [0.2, 0.25) is 5.91 Å². The van der Waals surface area contributed by atoms with Gasteiger partial charge in [-0.2, -0.15) is 0 Å². The number of anilines is 1. The largest absolute Gasteiger partial charge is 0.341 e. The fraction of sp³-hybridized carbons (Fsp3) is 0.227. The van der Waals surface area contributed by atoms with Gasteiger partial charge in [0.25, 0.3) is 5.91 Å². The summed E-state index contributed by atoms with van der Waals surface area (Å²) in [6.45, 7) is 7.87. The molecule has 1 heterocycles. The van der Waals surface area contributed by atoms with E-state index in [2.05, 4.69) is 48.5 Å². The Balaban J connectivity index is 1.67. The normalized spacial score (nSPS) is 11.7. The quantitative estimate of drug-likeness (QED) is 0.671. The number of hydrogen-bond acceptors (Lipinski definition) is 4. The molecule has 0 saturated heterocycles. The van der Waals surface area contributed by atoms with E-state index < -0.39 is 6.04 Å². The number of aryl methyl sites for hydroxylation is 3. The summed E-state index contributed by atoms with van der Waals surface area (Å²) in [6.07, 6.45) is 0. The second-order valence-electron chi connectivity index (χ2n) is 6.84. The number of carbonyl (C=O) groups excluding carboxylic acids is 2. The number of nitrogens with zero attached hydrogens (tertiary/aromatic N) is 1. The minimum absolute atomic E-state index is 0.283. The minimum atomic E-state index is -0.677. The number of carbonyl (C=O) groups is 2. The summed E-state index contributed by atoms with van der Waals surface area (Å²) in [7, 11) is 0. The molecular weight excluding hydrogens is 370 g/mol. The molecule has 3 rings (SSSR count). The summed E-state index contributed by atoms with van der Waals surface area (Å²) in [5.74, 6) is -0.587. The zero-order chi connectivity index (χ0) is 20.3. The number of nitrogens with one attached hydrogen (secondary N) is 2. The van der Waals surface area contributed by atoms with Crippen molar-refractivity contribution in [2.75, 3.05) is 5.32 Å². The lowest BCUT2D eigenvalue weighted by Crippen LogP contribution is -2.41. The van der Waals surface area contributed by atoms with Crippen molar-refractivity contribution in [1.29, 1.82) is 0 Å². The standard InChI is InChI=1S/C22H23N3O2S/c1-13-10-15(3)18(11-14(13)2)19-12-28-22(24-19)25-20(26)16(4)23-21(27)17-8-6-5-7-9-17/h5-12,16H,1-4H3,(H,23,27)(H,24,25,26)/t16-/m0/s1. The maximum Gasteiger partial charge on any atom is 0.251 e. The summed E-state index contributed by atoms with van der Waals surface area (Å²) in [6, 6.07) is 12.4. The van der Waals surface area contributed by atoms with Gasteiger partial charge in [-0.3, -0.25) is 9.59 Å². The Bertz CT molecular complexity index is 1010. The van der Waals surface area contributed by atoms with Gasteiger partial charge in [0.1, 0.15) is 6.04 Å². The van der Waals surface area contributed by atoms with Crippen LogP contribution in [0.15, 0.2) is 47.8 Å². The third-order valence-electron chi connectivity index (χ3n) is 4.63. The van der Waals surface area contributed by atoms with Crippen LogP contribution in [0.5, 0.6) is 0 Å². The molecule has 6 heteroatoms. The highest BCUT2D eigenvalue weighted by Crippen LogP contribution is 2.29. The van der Waals surface area contributed by atoms with Gasteiger partial charge in [0.05, 0.1) is 5.69 Å². The van der Waals surface area contributed by atoms with Gasteiger partial charge in [-0.15, -0.1) is 11.3 Å². The van der Waals surface area contributed by atoms with Crippen LogP contribution in [0.1, 0.15) is 34.0 Å². The highest BCUT2D eigenvalue weighted by Gasteiger charge is 2.18. The fourth-order valence-corrected chi connectivity index (χ4v) is 3.55. The van der Waals surface area contributed by atoms with Crippen molar-refractivity contribution < 1.29 is 9.59 Å². The highest BCUT2D eigenvalue weighted by atomic mass is 32.1. The van der Waals surface area contributed by atoms with Crippen molar-refractivity contribution in [3.63, 3.8) is 0 Å². The van der Waals surface area contributed by atoms with Crippen LogP contribution in [0.25, 0.3) is 11.3 Å². The van der Waals surface area contributed by atoms with E-state index in [1.807, 2.05) is 11.4 Å². The first-order valence-electron chi connectivity index (χ1n) is 9.05. The molecule has 0 aliphatic rings. The Morgan fingerprint density at radius 2 is 1.68 bits per heavy atom. The van der Waals surface area contributed by atoms with E-state index in [1.54, 1.807) is 31.2 Å². The Kier molecular flexibility index (Phi) is 5.90. The SMILES string of the molecule is Cc1cc(C)c(-c2csc(NC(=O)[C@H](C)NC(=O)c3ccccc3)n2)cc1C. The molecule has 2 aromatic carbocycles. The summed E-state index contributed by atoms with van der Waals surface area (Å²) in [4.78, 5) is 29.2. The second-order valence-corrected chi connectivity index (χ2v) is 7.70. The maximum atomic E-state index is 12.4. The van der Waals surface area contributed by atoms with Crippen molar-refractivity contribution in [1.82, 2.24) is 10.3 Å². The smallest absolute Gasteiger partial charge is 0.251 e. The number of hydrogen-bond donors (Lipinski definition) is 2. The molecule has 1 aromatic heterocycles. The maximum absolute atomic E-state index is 12.4. The summed E-state index contributed by atoms with van der Waals surface area (Å²) < 4.78 is 0. The molecule has 0 aliphatic carbocycles. The average Bonchev–Trinajstić information content (AvgIpc) is 3.13. The van der Waals surface area contributed by atoms with Crippen LogP contribution in [0.2, 0.25) is 0 Å². The van der Waals surface area contributed by atoms with Crippen LogP contribution in [0.4, 0.5) is 5.13 Å². The third-order valence-corrected chi connectivity index (χ3v) is 5.39. The monoisotopic (exact) mass is 393 g/mol. The van der Waals surface area contributed by atoms with Crippen LogP contribution >= 0.6 is 11.3 Å². The minimum Gasteiger partial charge on any atom is -0.341 e. The molecule has 28 heavy (non-hydrogen) atoms. The van der Waals surface area contributed by atoms with Crippen LogP contribution < -0.4 is 10.6 Å². The molecule has 0 radical (unpaired) electrons. The molecule has 2 amide bonds. The van der Waals surface area contributed by atoms with Crippen LogP contribution in [-0.2, 0) is 4.79 Å². The highest BCUT2D eigenvalue weighted by molar-refractivity contribution is 7.14. The zero-order valence-corrected chi connectivity index (χ0v) is 17.2. The van der Waals surface area contributed by atoms with E-state index in [0.29, 0.717) is 10.7 Å². The Morgan fingerprint density at radius 1 is 1.00 bits per heavy atom. The predicted octanol–water partition coefficient (Wildman–Crippen LogP) is 4.49. The van der Waals surface area contributed by atoms with E-state index in [1.165, 1.54) is 22.5 Å². The molecule has 0 aliphatic heterocycles. The third kappa shape index (κ3) is 4.46. The van der Waals surface area contributed by atoms with E-state index >= 15 is 0 Å². The molecule has 3 aromatic rings. The predicted molar refractivity (Wildman–Crippen MR) is 114 cm³/mol. The number of benzene rings is 2. The summed E-state index contributed by atoms with van der Waals surface area (Å²) >= 11 is 1.37. The van der Waals surface area contributed by atoms with Gasteiger partial charge in [-0.05, 0) is 62.6 Å². The van der Waals surface area contributed by atoms with Gasteiger partial charge >= 0.3 is 0 Å². The molecule has 0 bridgehead atoms. The van der Waals surface area contributed by atoms with Crippen molar-refractivity contribution >= 4 is 28.3 Å². The Labute approximate surface area is 168 Å². The lowest BCUT2D eigenvalue weighted by atomic mass is 9.99. The van der Waals surface area contributed by atoms with E-state index in [9.17, 15) is 9.59 Å². The molecule has 0 saturated carbocycles. The van der Waals surface area contributed by atoms with E-state index in [-0.39, 0.29) is 11.8 Å². The molecule has 1 atom stereocenters. The van der Waals surface area contributed by atoms with Gasteiger partial charge in [-0.25, -0.2) is 4.98 Å². The second kappa shape index (κ2) is 8.35. The molecule has 5 nitrogen and oxygen atoms in total. The average molecular weight is 394 g/mol. The number of aromatic nitrogens is 1. The van der Waals surface area contributed by atoms with Crippen molar-refractivity contribution in [2.24, 2.45) is 0 Å². The number of amides is 2. The first kappa shape index (κ1) is 19.8. The lowest BCUT2D eigenvalue weighted by molar-refractivity contribution is -0.117. The number of thiazole rings is 1. The van der Waals surface area contributed by atoms with Crippen LogP contribution in [0, 0.1) is 20.8 Å². The Hall–Kier alpha value is -2.99. The van der Waals surface area contributed by atoms with E-state index in [0.717, 1.165) is 16.8 Å². The first-order valence-corrected chi connectivity index (χ1v) is 9.93. The molecule has 144 valence electrons. The zero-order valence-electron chi connectivity index (χ0n) is 16.4. The van der Waals surface area contributed by atoms with Gasteiger partial charge in [0.15, 0.2) is 5.13 Å². The van der Waals surface area contributed by atoms with Crippen molar-refractivity contribution in [2.45, 2.75) is 33.7 Å². The summed E-state index contributed by atoms with van der Waals surface area (Å²) in [5, 5.41) is 7.93. The summed E-state index contributed by atoms with van der Waals surface area (Å²) in [5.41, 5.74) is 6.01. The number of rotatable bonds is 5. The molecule has 0 spiro atoms. The fourth-order valence-electron chi connectivity index (χ4n) is 2.84. The molecule has 2 N–H and O–H groups in total. The van der Waals surface area contributed by atoms with Crippen LogP contribution in [0.3, 0.4) is 0 Å². The lowest BCUT2D eigenvalue weighted by Gasteiger charge is -2.13. The topological polar surface area (TPSA) is 71.1 Å². The first-order chi connectivity index (χ1) is 13.3. The van der Waals surface area contributed by atoms with Gasteiger partial charge in [-0.1, -0.05) is 24.3 Å². The molecular formula is C22H23N3O2S. The molecule has 0 unspecified atom stereocenters. The van der Waals surface area contributed by atoms with Crippen molar-refractivity contribution in [3.8, 4) is 11.3 Å². The van der Waals surface area contributed by atoms with Crippen molar-refractivity contribution in [3.05, 3.63) is 70.1 Å². The van der Waals surface area contributed by atoms with Gasteiger partial charge in [0, 0.05) is 16.5 Å². The van der Waals surface area contributed by atoms with E-state index in [4.69, 9.17) is 0 Å². The van der Waals surface area contributed by atoms with Gasteiger partial charge < -0.3 is 10.6 Å². The molecule has 0 fully saturated rings. The van der Waals surface area contributed by atoms with Crippen LogP contribution in [-0.4, -0.2) is 22.8 Å².